The molecule has 0 saturated heterocycles. The molecular weight excluding hydrogens is 298 g/mol. The average molecular weight is 310 g/mol. The van der Waals surface area contributed by atoms with Gasteiger partial charge in [-0.15, -0.1) is 0 Å². The van der Waals surface area contributed by atoms with Gasteiger partial charge in [-0.2, -0.15) is 4.99 Å². The third-order valence-corrected chi connectivity index (χ3v) is 3.04. The molecule has 0 spiro atoms. The lowest BCUT2D eigenvalue weighted by Crippen LogP contribution is -2.46. The molecule has 5 nitrogen and oxygen atoms in total. The van der Waals surface area contributed by atoms with Crippen molar-refractivity contribution in [1.82, 2.24) is 10.6 Å². The minimum Gasteiger partial charge on any atom is -0.313 e. The van der Waals surface area contributed by atoms with E-state index in [0.717, 1.165) is 4.47 Å². The Kier molecular flexibility index (Phi) is 3.88. The first-order valence-corrected chi connectivity index (χ1v) is 6.23. The summed E-state index contributed by atoms with van der Waals surface area (Å²) in [6, 6.07) is 7.11. The molecule has 1 aromatic rings. The van der Waals surface area contributed by atoms with Crippen LogP contribution >= 0.6 is 15.9 Å². The summed E-state index contributed by atoms with van der Waals surface area (Å²) in [5, 5.41) is 5.47. The highest BCUT2D eigenvalue weighted by Gasteiger charge is 2.33. The van der Waals surface area contributed by atoms with Crippen molar-refractivity contribution >= 4 is 33.6 Å². The summed E-state index contributed by atoms with van der Waals surface area (Å²) in [5.41, 5.74) is 0.638. The molecule has 1 aromatic carbocycles. The van der Waals surface area contributed by atoms with Gasteiger partial charge in [-0.3, -0.25) is 9.59 Å². The summed E-state index contributed by atoms with van der Waals surface area (Å²) in [6.45, 7) is 0.364. The topological polar surface area (TPSA) is 70.6 Å². The fraction of sp³-hybridized carbons (Fsp3) is 0.250. The van der Waals surface area contributed by atoms with E-state index in [1.165, 1.54) is 0 Å². The van der Waals surface area contributed by atoms with Gasteiger partial charge >= 0.3 is 0 Å². The van der Waals surface area contributed by atoms with E-state index >= 15 is 0 Å². The van der Waals surface area contributed by atoms with Gasteiger partial charge in [-0.05, 0) is 24.7 Å². The summed E-state index contributed by atoms with van der Waals surface area (Å²) in [5.74, 6) is -1.26. The number of carbonyl (C=O) groups is 2. The molecule has 1 heterocycles. The van der Waals surface area contributed by atoms with Crippen molar-refractivity contribution in [2.45, 2.75) is 5.92 Å². The molecule has 94 valence electrons. The smallest absolute Gasteiger partial charge is 0.264 e. The van der Waals surface area contributed by atoms with E-state index in [1.54, 1.807) is 25.2 Å². The summed E-state index contributed by atoms with van der Waals surface area (Å²) in [4.78, 5) is 27.7. The number of carbonyl (C=O) groups excluding carboxylic acids is 2. The first-order valence-electron chi connectivity index (χ1n) is 5.44. The van der Waals surface area contributed by atoms with Gasteiger partial charge in [0.15, 0.2) is 0 Å². The Morgan fingerprint density at radius 1 is 1.44 bits per heavy atom. The van der Waals surface area contributed by atoms with Crippen molar-refractivity contribution in [3.05, 3.63) is 34.3 Å². The number of halogens is 1. The van der Waals surface area contributed by atoms with Gasteiger partial charge in [-0.25, -0.2) is 0 Å². The fourth-order valence-electron chi connectivity index (χ4n) is 1.78. The number of hydrogen-bond donors (Lipinski definition) is 2. The molecule has 0 aromatic heterocycles. The minimum absolute atomic E-state index is 0.335. The summed E-state index contributed by atoms with van der Waals surface area (Å²) in [6.07, 6.45) is 0. The van der Waals surface area contributed by atoms with Gasteiger partial charge < -0.3 is 10.6 Å². The Bertz CT molecular complexity index is 528. The molecule has 0 bridgehead atoms. The molecule has 6 heteroatoms. The second-order valence-corrected chi connectivity index (χ2v) is 4.82. The molecule has 18 heavy (non-hydrogen) atoms. The van der Waals surface area contributed by atoms with Crippen LogP contribution < -0.4 is 10.6 Å². The molecule has 0 radical (unpaired) electrons. The third kappa shape index (κ3) is 2.65. The van der Waals surface area contributed by atoms with Gasteiger partial charge in [0.05, 0.1) is 6.54 Å². The Morgan fingerprint density at radius 2 is 2.22 bits per heavy atom. The van der Waals surface area contributed by atoms with Gasteiger partial charge in [0.25, 0.3) is 5.91 Å². The Balaban J connectivity index is 2.30. The van der Waals surface area contributed by atoms with Crippen LogP contribution in [0.5, 0.6) is 0 Å². The normalized spacial score (nSPS) is 19.4. The van der Waals surface area contributed by atoms with Crippen LogP contribution in [0.3, 0.4) is 0 Å². The number of benzene rings is 1. The average Bonchev–Trinajstić information content (AvgIpc) is 2.28. The largest absolute Gasteiger partial charge is 0.313 e. The predicted molar refractivity (Wildman–Crippen MR) is 71.4 cm³/mol. The molecule has 1 atom stereocenters. The second-order valence-electron chi connectivity index (χ2n) is 3.90. The van der Waals surface area contributed by atoms with E-state index in [2.05, 4.69) is 31.6 Å². The van der Waals surface area contributed by atoms with Crippen molar-refractivity contribution in [1.29, 1.82) is 0 Å². The number of nitrogens with zero attached hydrogens (tertiary/aromatic N) is 1. The number of amides is 2. The number of aliphatic imine (C=N–C) groups is 1. The number of likely N-dealkylation sites (N-methyl/N-ethyl adjacent to an activating group) is 1. The van der Waals surface area contributed by atoms with E-state index in [9.17, 15) is 9.59 Å². The first-order chi connectivity index (χ1) is 8.61. The summed E-state index contributed by atoms with van der Waals surface area (Å²) in [7, 11) is 1.72. The molecule has 1 unspecified atom stereocenters. The first kappa shape index (κ1) is 12.9. The van der Waals surface area contributed by atoms with Crippen molar-refractivity contribution in [2.75, 3.05) is 13.6 Å². The van der Waals surface area contributed by atoms with Gasteiger partial charge in [0.2, 0.25) is 5.91 Å². The maximum Gasteiger partial charge on any atom is 0.264 e. The standard InChI is InChI=1S/C12H12BrN3O2/c1-14-6-9-15-11(17)10(12(18)16-9)7-3-2-4-8(13)5-7/h2-5,10,14H,6H2,1H3,(H,15,16,17,18). The molecule has 0 saturated carbocycles. The van der Waals surface area contributed by atoms with Crippen LogP contribution in [-0.2, 0) is 9.59 Å². The number of nitrogens with one attached hydrogen (secondary N) is 2. The second kappa shape index (κ2) is 5.41. The van der Waals surface area contributed by atoms with Crippen LogP contribution in [-0.4, -0.2) is 31.2 Å². The number of rotatable bonds is 3. The van der Waals surface area contributed by atoms with Crippen molar-refractivity contribution < 1.29 is 9.59 Å². The highest BCUT2D eigenvalue weighted by atomic mass is 79.9. The third-order valence-electron chi connectivity index (χ3n) is 2.55. The maximum atomic E-state index is 11.9. The zero-order valence-electron chi connectivity index (χ0n) is 9.74. The van der Waals surface area contributed by atoms with Gasteiger partial charge in [0.1, 0.15) is 11.8 Å². The van der Waals surface area contributed by atoms with E-state index < -0.39 is 11.8 Å². The molecule has 1 aliphatic rings. The molecule has 2 amide bonds. The van der Waals surface area contributed by atoms with Crippen molar-refractivity contribution in [2.24, 2.45) is 4.99 Å². The van der Waals surface area contributed by atoms with Crippen molar-refractivity contribution in [3.8, 4) is 0 Å². The lowest BCUT2D eigenvalue weighted by Gasteiger charge is -2.20. The lowest BCUT2D eigenvalue weighted by atomic mass is 9.96. The summed E-state index contributed by atoms with van der Waals surface area (Å²) >= 11 is 3.32. The van der Waals surface area contributed by atoms with Crippen LogP contribution in [0.25, 0.3) is 0 Å². The highest BCUT2D eigenvalue weighted by Crippen LogP contribution is 2.23. The maximum absolute atomic E-state index is 11.9. The van der Waals surface area contributed by atoms with Gasteiger partial charge in [0, 0.05) is 4.47 Å². The lowest BCUT2D eigenvalue weighted by molar-refractivity contribution is -0.129. The van der Waals surface area contributed by atoms with Crippen LogP contribution in [0.1, 0.15) is 11.5 Å². The van der Waals surface area contributed by atoms with E-state index in [-0.39, 0.29) is 5.91 Å². The molecule has 2 rings (SSSR count). The van der Waals surface area contributed by atoms with E-state index in [4.69, 9.17) is 0 Å². The van der Waals surface area contributed by atoms with E-state index in [0.29, 0.717) is 17.9 Å². The predicted octanol–water partition coefficient (Wildman–Crippen LogP) is 0.807. The number of amidine groups is 1. The highest BCUT2D eigenvalue weighted by molar-refractivity contribution is 9.10. The molecule has 2 N–H and O–H groups in total. The SMILES string of the molecule is CNCC1=NC(=O)C(c2cccc(Br)c2)C(=O)N1. The van der Waals surface area contributed by atoms with Crippen molar-refractivity contribution in [3.63, 3.8) is 0 Å². The van der Waals surface area contributed by atoms with Crippen LogP contribution in [0.2, 0.25) is 0 Å². The molecule has 1 aliphatic heterocycles. The molecule has 0 fully saturated rings. The quantitative estimate of drug-likeness (QED) is 0.812. The zero-order chi connectivity index (χ0) is 13.1. The fourth-order valence-corrected chi connectivity index (χ4v) is 2.20. The van der Waals surface area contributed by atoms with Gasteiger partial charge in [-0.1, -0.05) is 28.1 Å². The Morgan fingerprint density at radius 3 is 2.83 bits per heavy atom. The monoisotopic (exact) mass is 309 g/mol. The Labute approximate surface area is 113 Å². The summed E-state index contributed by atoms with van der Waals surface area (Å²) < 4.78 is 0.825. The molecule has 0 aliphatic carbocycles. The molecular formula is C12H12BrN3O2. The van der Waals surface area contributed by atoms with E-state index in [1.807, 2.05) is 6.07 Å². The van der Waals surface area contributed by atoms with Crippen LogP contribution in [0.15, 0.2) is 33.7 Å². The number of hydrogen-bond acceptors (Lipinski definition) is 3. The van der Waals surface area contributed by atoms with Crippen LogP contribution in [0.4, 0.5) is 0 Å². The Hall–Kier alpha value is -1.53. The van der Waals surface area contributed by atoms with Crippen LogP contribution in [0, 0.1) is 0 Å². The zero-order valence-corrected chi connectivity index (χ0v) is 11.3. The minimum atomic E-state index is -0.858.